The predicted molar refractivity (Wildman–Crippen MR) is 50.6 cm³/mol. The van der Waals surface area contributed by atoms with Crippen molar-refractivity contribution in [1.82, 2.24) is 20.1 Å². The summed E-state index contributed by atoms with van der Waals surface area (Å²) in [5.74, 6) is 1.81. The monoisotopic (exact) mass is 192 g/mol. The van der Waals surface area contributed by atoms with Crippen molar-refractivity contribution in [3.63, 3.8) is 0 Å². The average molecular weight is 192 g/mol. The molecule has 2 aromatic heterocycles. The zero-order valence-corrected chi connectivity index (χ0v) is 7.97. The molecule has 0 saturated heterocycles. The number of furan rings is 1. The van der Waals surface area contributed by atoms with Gasteiger partial charge in [-0.15, -0.1) is 10.2 Å². The van der Waals surface area contributed by atoms with E-state index in [1.165, 1.54) is 0 Å². The van der Waals surface area contributed by atoms with Crippen LogP contribution in [0.3, 0.4) is 0 Å². The fraction of sp³-hybridized carbons (Fsp3) is 0.333. The Kier molecular flexibility index (Phi) is 2.60. The first-order chi connectivity index (χ1) is 6.90. The van der Waals surface area contributed by atoms with Gasteiger partial charge in [-0.25, -0.2) is 0 Å². The molecule has 2 aromatic rings. The molecule has 0 bridgehead atoms. The van der Waals surface area contributed by atoms with Gasteiger partial charge < -0.3 is 14.3 Å². The molecule has 0 radical (unpaired) electrons. The maximum atomic E-state index is 5.24. The number of hydrogen-bond donors (Lipinski definition) is 1. The zero-order chi connectivity index (χ0) is 9.80. The van der Waals surface area contributed by atoms with Gasteiger partial charge in [0.05, 0.1) is 19.4 Å². The molecule has 5 heteroatoms. The lowest BCUT2D eigenvalue weighted by Crippen LogP contribution is -2.12. The third-order valence-electron chi connectivity index (χ3n) is 1.94. The Bertz CT molecular complexity index is 379. The molecule has 0 unspecified atom stereocenters. The Morgan fingerprint density at radius 3 is 3.21 bits per heavy atom. The maximum Gasteiger partial charge on any atom is 0.147 e. The van der Waals surface area contributed by atoms with Crippen LogP contribution >= 0.6 is 0 Å². The summed E-state index contributed by atoms with van der Waals surface area (Å²) < 4.78 is 7.20. The summed E-state index contributed by atoms with van der Waals surface area (Å²) in [5, 5.41) is 10.9. The number of nitrogens with one attached hydrogen (secondary N) is 1. The van der Waals surface area contributed by atoms with Gasteiger partial charge in [0.25, 0.3) is 0 Å². The summed E-state index contributed by atoms with van der Waals surface area (Å²) in [6.07, 6.45) is 3.37. The van der Waals surface area contributed by atoms with E-state index >= 15 is 0 Å². The van der Waals surface area contributed by atoms with Gasteiger partial charge >= 0.3 is 0 Å². The molecule has 0 saturated carbocycles. The van der Waals surface area contributed by atoms with Gasteiger partial charge in [-0.1, -0.05) is 0 Å². The highest BCUT2D eigenvalue weighted by Crippen LogP contribution is 2.04. The molecule has 0 fully saturated rings. The topological polar surface area (TPSA) is 55.9 Å². The fourth-order valence-corrected chi connectivity index (χ4v) is 1.28. The highest BCUT2D eigenvalue weighted by Gasteiger charge is 2.04. The first-order valence-electron chi connectivity index (χ1n) is 4.44. The van der Waals surface area contributed by atoms with Crippen LogP contribution in [-0.2, 0) is 13.1 Å². The molecule has 0 aromatic carbocycles. The normalized spacial score (nSPS) is 10.6. The van der Waals surface area contributed by atoms with Crippen LogP contribution in [-0.4, -0.2) is 21.8 Å². The molecule has 0 spiro atoms. The first-order valence-corrected chi connectivity index (χ1v) is 4.44. The molecular weight excluding hydrogens is 180 g/mol. The molecule has 5 nitrogen and oxygen atoms in total. The zero-order valence-electron chi connectivity index (χ0n) is 7.97. The minimum atomic E-state index is 0.678. The fourth-order valence-electron chi connectivity index (χ4n) is 1.28. The molecule has 2 heterocycles. The van der Waals surface area contributed by atoms with Gasteiger partial charge in [0.1, 0.15) is 17.9 Å². The number of aromatic nitrogens is 3. The minimum Gasteiger partial charge on any atom is -0.467 e. The summed E-state index contributed by atoms with van der Waals surface area (Å²) in [5.41, 5.74) is 0. The Morgan fingerprint density at radius 2 is 2.50 bits per heavy atom. The summed E-state index contributed by atoms with van der Waals surface area (Å²) >= 11 is 0. The van der Waals surface area contributed by atoms with Crippen molar-refractivity contribution in [2.45, 2.75) is 13.1 Å². The number of rotatable bonds is 4. The van der Waals surface area contributed by atoms with Crippen LogP contribution in [0.2, 0.25) is 0 Å². The lowest BCUT2D eigenvalue weighted by Gasteiger charge is -2.03. The van der Waals surface area contributed by atoms with E-state index in [4.69, 9.17) is 4.42 Å². The quantitative estimate of drug-likeness (QED) is 0.772. The van der Waals surface area contributed by atoms with Crippen LogP contribution in [0.1, 0.15) is 11.6 Å². The van der Waals surface area contributed by atoms with Crippen molar-refractivity contribution < 1.29 is 4.42 Å². The molecule has 0 aliphatic rings. The van der Waals surface area contributed by atoms with Crippen molar-refractivity contribution in [3.8, 4) is 0 Å². The standard InChI is InChI=1S/C9H12N4O/c1-10-5-9-12-11-7-13(9)6-8-3-2-4-14-8/h2-4,7,10H,5-6H2,1H3. The minimum absolute atomic E-state index is 0.678. The molecule has 1 N–H and O–H groups in total. The Balaban J connectivity index is 2.12. The SMILES string of the molecule is CNCc1nncn1Cc1ccco1. The van der Waals surface area contributed by atoms with Gasteiger partial charge in [-0.2, -0.15) is 0 Å². The van der Waals surface area contributed by atoms with Crippen molar-refractivity contribution in [2.24, 2.45) is 0 Å². The number of nitrogens with zero attached hydrogens (tertiary/aromatic N) is 3. The molecule has 74 valence electrons. The van der Waals surface area contributed by atoms with Crippen LogP contribution in [0.4, 0.5) is 0 Å². The second-order valence-electron chi connectivity index (χ2n) is 2.98. The van der Waals surface area contributed by atoms with Crippen LogP contribution in [0.25, 0.3) is 0 Å². The summed E-state index contributed by atoms with van der Waals surface area (Å²) in [4.78, 5) is 0. The summed E-state index contributed by atoms with van der Waals surface area (Å²) in [7, 11) is 1.88. The average Bonchev–Trinajstić information content (AvgIpc) is 2.80. The van der Waals surface area contributed by atoms with Gasteiger partial charge in [0.15, 0.2) is 0 Å². The lowest BCUT2D eigenvalue weighted by atomic mass is 10.4. The van der Waals surface area contributed by atoms with Crippen molar-refractivity contribution in [3.05, 3.63) is 36.3 Å². The molecule has 0 aliphatic carbocycles. The van der Waals surface area contributed by atoms with Gasteiger partial charge in [-0.3, -0.25) is 0 Å². The third kappa shape index (κ3) is 1.82. The predicted octanol–water partition coefficient (Wildman–Crippen LogP) is 0.639. The summed E-state index contributed by atoms with van der Waals surface area (Å²) in [6, 6.07) is 3.81. The van der Waals surface area contributed by atoms with Gasteiger partial charge in [-0.05, 0) is 19.2 Å². The highest BCUT2D eigenvalue weighted by molar-refractivity contribution is 5.00. The van der Waals surface area contributed by atoms with E-state index in [0.717, 1.165) is 11.6 Å². The first kappa shape index (κ1) is 8.96. The van der Waals surface area contributed by atoms with Crippen LogP contribution in [0.5, 0.6) is 0 Å². The molecule has 0 aliphatic heterocycles. The molecule has 14 heavy (non-hydrogen) atoms. The Morgan fingerprint density at radius 1 is 1.57 bits per heavy atom. The second-order valence-corrected chi connectivity index (χ2v) is 2.98. The van der Waals surface area contributed by atoms with E-state index in [9.17, 15) is 0 Å². The Labute approximate surface area is 81.8 Å². The molecule has 0 atom stereocenters. The van der Waals surface area contributed by atoms with E-state index < -0.39 is 0 Å². The van der Waals surface area contributed by atoms with Crippen LogP contribution < -0.4 is 5.32 Å². The number of hydrogen-bond acceptors (Lipinski definition) is 4. The third-order valence-corrected chi connectivity index (χ3v) is 1.94. The smallest absolute Gasteiger partial charge is 0.147 e. The Hall–Kier alpha value is -1.62. The largest absolute Gasteiger partial charge is 0.467 e. The maximum absolute atomic E-state index is 5.24. The second kappa shape index (κ2) is 4.06. The lowest BCUT2D eigenvalue weighted by molar-refractivity contribution is 0.486. The molecular formula is C9H12N4O. The van der Waals surface area contributed by atoms with Gasteiger partial charge in [0.2, 0.25) is 0 Å². The highest BCUT2D eigenvalue weighted by atomic mass is 16.3. The van der Waals surface area contributed by atoms with E-state index in [2.05, 4.69) is 15.5 Å². The van der Waals surface area contributed by atoms with Crippen LogP contribution in [0, 0.1) is 0 Å². The summed E-state index contributed by atoms with van der Waals surface area (Å²) in [6.45, 7) is 1.39. The van der Waals surface area contributed by atoms with E-state index in [-0.39, 0.29) is 0 Å². The van der Waals surface area contributed by atoms with E-state index in [0.29, 0.717) is 13.1 Å². The van der Waals surface area contributed by atoms with Gasteiger partial charge in [0, 0.05) is 0 Å². The van der Waals surface area contributed by atoms with E-state index in [1.807, 2.05) is 23.7 Å². The van der Waals surface area contributed by atoms with E-state index in [1.54, 1.807) is 12.6 Å². The van der Waals surface area contributed by atoms with Crippen molar-refractivity contribution in [1.29, 1.82) is 0 Å². The molecule has 0 amide bonds. The van der Waals surface area contributed by atoms with Crippen molar-refractivity contribution >= 4 is 0 Å². The molecule has 2 rings (SSSR count). The van der Waals surface area contributed by atoms with Crippen molar-refractivity contribution in [2.75, 3.05) is 7.05 Å². The van der Waals surface area contributed by atoms with Crippen LogP contribution in [0.15, 0.2) is 29.1 Å².